The lowest BCUT2D eigenvalue weighted by molar-refractivity contribution is -0.384. The Kier molecular flexibility index (Phi) is 3.66. The first-order chi connectivity index (χ1) is 11.6. The molecular weight excluding hydrogens is 313 g/mol. The molecule has 24 heavy (non-hydrogen) atoms. The zero-order chi connectivity index (χ0) is 16.7. The lowest BCUT2D eigenvalue weighted by Crippen LogP contribution is -2.35. The third kappa shape index (κ3) is 2.72. The van der Waals surface area contributed by atoms with Crippen molar-refractivity contribution in [2.75, 3.05) is 18.0 Å². The highest BCUT2D eigenvalue weighted by atomic mass is 19.1. The van der Waals surface area contributed by atoms with Gasteiger partial charge in [0, 0.05) is 25.0 Å². The summed E-state index contributed by atoms with van der Waals surface area (Å²) in [6.45, 7) is 1.36. The summed E-state index contributed by atoms with van der Waals surface area (Å²) in [5.74, 6) is 0.561. The molecule has 1 unspecified atom stereocenters. The molecule has 8 heteroatoms. The number of nitrogens with zero attached hydrogens (tertiary/aromatic N) is 5. The maximum absolute atomic E-state index is 13.4. The zero-order valence-electron chi connectivity index (χ0n) is 13.1. The minimum Gasteiger partial charge on any atom is -0.365 e. The third-order valence-corrected chi connectivity index (χ3v) is 4.80. The summed E-state index contributed by atoms with van der Waals surface area (Å²) in [6, 6.07) is 4.27. The van der Waals surface area contributed by atoms with E-state index >= 15 is 0 Å². The Bertz CT molecular complexity index is 774. The molecule has 1 aliphatic carbocycles. The van der Waals surface area contributed by atoms with Gasteiger partial charge in [0.15, 0.2) is 0 Å². The van der Waals surface area contributed by atoms with Gasteiger partial charge in [0.05, 0.1) is 11.0 Å². The molecule has 2 aliphatic rings. The van der Waals surface area contributed by atoms with E-state index in [2.05, 4.69) is 14.8 Å². The molecule has 2 aromatic rings. The molecule has 4 rings (SSSR count). The first-order valence-electron chi connectivity index (χ1n) is 8.22. The van der Waals surface area contributed by atoms with Crippen LogP contribution in [0.2, 0.25) is 0 Å². The van der Waals surface area contributed by atoms with E-state index in [1.807, 2.05) is 4.90 Å². The summed E-state index contributed by atoms with van der Waals surface area (Å²) < 4.78 is 15.5. The van der Waals surface area contributed by atoms with E-state index in [0.29, 0.717) is 18.3 Å². The number of benzene rings is 1. The molecule has 0 amide bonds. The average molecular weight is 331 g/mol. The van der Waals surface area contributed by atoms with E-state index in [4.69, 9.17) is 0 Å². The highest BCUT2D eigenvalue weighted by molar-refractivity contribution is 5.63. The molecule has 7 nitrogen and oxygen atoms in total. The maximum Gasteiger partial charge on any atom is 0.295 e. The Balaban J connectivity index is 1.61. The summed E-state index contributed by atoms with van der Waals surface area (Å²) in [7, 11) is 0. The number of rotatable bonds is 4. The van der Waals surface area contributed by atoms with E-state index in [0.717, 1.165) is 44.1 Å². The van der Waals surface area contributed by atoms with Crippen LogP contribution >= 0.6 is 0 Å². The first-order valence-corrected chi connectivity index (χ1v) is 8.22. The van der Waals surface area contributed by atoms with Crippen LogP contribution in [0.1, 0.15) is 43.5 Å². The molecule has 1 atom stereocenters. The zero-order valence-corrected chi connectivity index (χ0v) is 13.1. The normalized spacial score (nSPS) is 21.0. The Morgan fingerprint density at radius 3 is 2.88 bits per heavy atom. The second-order valence-corrected chi connectivity index (χ2v) is 6.50. The van der Waals surface area contributed by atoms with Crippen LogP contribution in [0.3, 0.4) is 0 Å². The number of piperidine rings is 1. The van der Waals surface area contributed by atoms with Crippen molar-refractivity contribution in [3.05, 3.63) is 46.3 Å². The highest BCUT2D eigenvalue weighted by Crippen LogP contribution is 2.39. The van der Waals surface area contributed by atoms with Gasteiger partial charge in [0.25, 0.3) is 5.69 Å². The van der Waals surface area contributed by atoms with Crippen LogP contribution in [0, 0.1) is 15.9 Å². The summed E-state index contributed by atoms with van der Waals surface area (Å²) in [5, 5.41) is 19.6. The van der Waals surface area contributed by atoms with Gasteiger partial charge in [-0.1, -0.05) is 0 Å². The quantitative estimate of drug-likeness (QED) is 0.636. The van der Waals surface area contributed by atoms with Gasteiger partial charge in [-0.05, 0) is 37.8 Å². The number of nitro benzene ring substituents is 1. The SMILES string of the molecule is O=[N+]([O-])c1cc(F)ccc1N1CCCC(c2nncn2C2CC2)C1. The smallest absolute Gasteiger partial charge is 0.295 e. The van der Waals surface area contributed by atoms with Gasteiger partial charge in [-0.15, -0.1) is 10.2 Å². The number of halogens is 1. The lowest BCUT2D eigenvalue weighted by atomic mass is 9.96. The topological polar surface area (TPSA) is 77.1 Å². The Hall–Kier alpha value is -2.51. The molecule has 126 valence electrons. The van der Waals surface area contributed by atoms with Crippen LogP contribution < -0.4 is 4.90 Å². The predicted octanol–water partition coefficient (Wildman–Crippen LogP) is 3.04. The largest absolute Gasteiger partial charge is 0.365 e. The van der Waals surface area contributed by atoms with E-state index in [1.165, 1.54) is 12.1 Å². The predicted molar refractivity (Wildman–Crippen MR) is 85.5 cm³/mol. The minimum atomic E-state index is -0.590. The van der Waals surface area contributed by atoms with Crippen LogP contribution in [0.5, 0.6) is 0 Å². The number of nitro groups is 1. The summed E-state index contributed by atoms with van der Waals surface area (Å²) in [4.78, 5) is 12.7. The Morgan fingerprint density at radius 1 is 1.29 bits per heavy atom. The van der Waals surface area contributed by atoms with Crippen LogP contribution in [-0.2, 0) is 0 Å². The maximum atomic E-state index is 13.4. The molecule has 0 radical (unpaired) electrons. The number of hydrogen-bond donors (Lipinski definition) is 0. The summed E-state index contributed by atoms with van der Waals surface area (Å²) >= 11 is 0. The average Bonchev–Trinajstić information content (AvgIpc) is 3.31. The molecule has 1 aliphatic heterocycles. The van der Waals surface area contributed by atoms with Gasteiger partial charge in [0.1, 0.15) is 23.7 Å². The van der Waals surface area contributed by atoms with E-state index in [9.17, 15) is 14.5 Å². The van der Waals surface area contributed by atoms with Crippen LogP contribution in [0.25, 0.3) is 0 Å². The standard InChI is InChI=1S/C16H18FN5O2/c17-12-3-6-14(15(8-12)22(23)24)20-7-1-2-11(9-20)16-19-18-10-21(16)13-4-5-13/h3,6,8,10-11,13H,1-2,4-5,7,9H2. The molecule has 2 fully saturated rings. The van der Waals surface area contributed by atoms with Gasteiger partial charge in [0.2, 0.25) is 0 Å². The van der Waals surface area contributed by atoms with E-state index in [1.54, 1.807) is 6.33 Å². The molecule has 1 saturated carbocycles. The first kappa shape index (κ1) is 15.0. The Morgan fingerprint density at radius 2 is 2.12 bits per heavy atom. The molecule has 0 spiro atoms. The van der Waals surface area contributed by atoms with E-state index in [-0.39, 0.29) is 11.6 Å². The highest BCUT2D eigenvalue weighted by Gasteiger charge is 2.32. The number of anilines is 1. The van der Waals surface area contributed by atoms with Gasteiger partial charge >= 0.3 is 0 Å². The van der Waals surface area contributed by atoms with Crippen LogP contribution in [0.4, 0.5) is 15.8 Å². The van der Waals surface area contributed by atoms with Gasteiger partial charge in [-0.2, -0.15) is 0 Å². The Labute approximate surface area is 138 Å². The fraction of sp³-hybridized carbons (Fsp3) is 0.500. The minimum absolute atomic E-state index is 0.181. The van der Waals surface area contributed by atoms with Gasteiger partial charge in [-0.3, -0.25) is 10.1 Å². The lowest BCUT2D eigenvalue weighted by Gasteiger charge is -2.33. The van der Waals surface area contributed by atoms with E-state index < -0.39 is 10.7 Å². The molecular formula is C16H18FN5O2. The third-order valence-electron chi connectivity index (χ3n) is 4.80. The number of aromatic nitrogens is 3. The van der Waals surface area contributed by atoms with Crippen molar-refractivity contribution in [1.82, 2.24) is 14.8 Å². The van der Waals surface area contributed by atoms with Crippen molar-refractivity contribution in [3.8, 4) is 0 Å². The molecule has 1 aromatic carbocycles. The van der Waals surface area contributed by atoms with Gasteiger partial charge in [-0.25, -0.2) is 4.39 Å². The van der Waals surface area contributed by atoms with Crippen molar-refractivity contribution >= 4 is 11.4 Å². The molecule has 1 aromatic heterocycles. The van der Waals surface area contributed by atoms with Gasteiger partial charge < -0.3 is 9.47 Å². The molecule has 2 heterocycles. The molecule has 0 N–H and O–H groups in total. The van der Waals surface area contributed by atoms with Crippen molar-refractivity contribution < 1.29 is 9.31 Å². The second kappa shape index (κ2) is 5.85. The molecule has 0 bridgehead atoms. The fourth-order valence-electron chi connectivity index (χ4n) is 3.49. The van der Waals surface area contributed by atoms with Crippen LogP contribution in [0.15, 0.2) is 24.5 Å². The number of hydrogen-bond acceptors (Lipinski definition) is 5. The van der Waals surface area contributed by atoms with Crippen molar-refractivity contribution in [2.24, 2.45) is 0 Å². The summed E-state index contributed by atoms with van der Waals surface area (Å²) in [6.07, 6.45) is 6.00. The summed E-state index contributed by atoms with van der Waals surface area (Å²) in [5.41, 5.74) is 0.294. The second-order valence-electron chi connectivity index (χ2n) is 6.50. The van der Waals surface area contributed by atoms with Crippen molar-refractivity contribution in [2.45, 2.75) is 37.6 Å². The molecule has 1 saturated heterocycles. The van der Waals surface area contributed by atoms with Crippen molar-refractivity contribution in [3.63, 3.8) is 0 Å². The fourth-order valence-corrected chi connectivity index (χ4v) is 3.49. The monoisotopic (exact) mass is 331 g/mol. The van der Waals surface area contributed by atoms with Crippen LogP contribution in [-0.4, -0.2) is 32.8 Å². The van der Waals surface area contributed by atoms with Crippen molar-refractivity contribution in [1.29, 1.82) is 0 Å².